The molecule has 2 aliphatic rings. The summed E-state index contributed by atoms with van der Waals surface area (Å²) >= 11 is 1.69. The Labute approximate surface area is 161 Å². The minimum absolute atomic E-state index is 0.0409. The van der Waals surface area contributed by atoms with E-state index >= 15 is 0 Å². The molecule has 2 heterocycles. The second-order valence-corrected chi connectivity index (χ2v) is 8.21. The third-order valence-corrected chi connectivity index (χ3v) is 6.39. The fourth-order valence-corrected chi connectivity index (χ4v) is 4.53. The molecule has 1 aliphatic carbocycles. The van der Waals surface area contributed by atoms with Gasteiger partial charge in [-0.2, -0.15) is 0 Å². The van der Waals surface area contributed by atoms with E-state index in [1.54, 1.807) is 30.2 Å². The molecule has 0 bridgehead atoms. The fraction of sp³-hybridized carbons (Fsp3) is 0.333. The van der Waals surface area contributed by atoms with Gasteiger partial charge in [0.05, 0.1) is 11.6 Å². The van der Waals surface area contributed by atoms with Gasteiger partial charge in [0, 0.05) is 22.3 Å². The number of nitrogens with zero attached hydrogens (tertiary/aromatic N) is 2. The van der Waals surface area contributed by atoms with Crippen molar-refractivity contribution in [1.82, 2.24) is 9.97 Å². The van der Waals surface area contributed by atoms with Gasteiger partial charge in [-0.3, -0.25) is 0 Å². The van der Waals surface area contributed by atoms with Crippen LogP contribution in [0.5, 0.6) is 5.75 Å². The molecule has 4 nitrogen and oxygen atoms in total. The fourth-order valence-electron chi connectivity index (χ4n) is 4.09. The van der Waals surface area contributed by atoms with Gasteiger partial charge in [0.15, 0.2) is 0 Å². The first-order valence-electron chi connectivity index (χ1n) is 9.20. The number of hydrogen-bond acceptors (Lipinski definition) is 5. The zero-order valence-electron chi connectivity index (χ0n) is 15.0. The van der Waals surface area contributed by atoms with E-state index in [2.05, 4.69) is 33.7 Å². The molecule has 0 amide bonds. The zero-order valence-corrected chi connectivity index (χ0v) is 15.9. The predicted molar refractivity (Wildman–Crippen MR) is 106 cm³/mol. The van der Waals surface area contributed by atoms with Crippen LogP contribution in [0.2, 0.25) is 0 Å². The van der Waals surface area contributed by atoms with Crippen molar-refractivity contribution < 1.29 is 9.13 Å². The molecule has 1 atom stereocenters. The number of nitrogens with one attached hydrogen (secondary N) is 1. The van der Waals surface area contributed by atoms with Crippen molar-refractivity contribution in [3.63, 3.8) is 0 Å². The van der Waals surface area contributed by atoms with E-state index in [1.807, 2.05) is 6.07 Å². The summed E-state index contributed by atoms with van der Waals surface area (Å²) in [5.41, 5.74) is 1.63. The van der Waals surface area contributed by atoms with Gasteiger partial charge in [-0.1, -0.05) is 0 Å². The van der Waals surface area contributed by atoms with Gasteiger partial charge in [0.1, 0.15) is 29.3 Å². The van der Waals surface area contributed by atoms with Crippen LogP contribution in [0.1, 0.15) is 37.3 Å². The van der Waals surface area contributed by atoms with Gasteiger partial charge in [-0.25, -0.2) is 14.4 Å². The number of anilines is 1. The standard InChI is InChI=1S/C21H20FN3OS/c1-27-14-4-5-17-16(10-14)20(24-12-23-17)25-18-11-21(7-2-8-21)26-19-6-3-13(22)9-15(18)19/h3-6,9-10,12,18H,2,7-8,11H2,1H3,(H,23,24,25)/t18-/m0/s1. The molecular formula is C21H20FN3OS. The maximum absolute atomic E-state index is 13.9. The molecule has 5 rings (SSSR count). The van der Waals surface area contributed by atoms with Gasteiger partial charge in [-0.05, 0) is 61.9 Å². The summed E-state index contributed by atoms with van der Waals surface area (Å²) in [6, 6.07) is 10.9. The molecule has 0 saturated heterocycles. The van der Waals surface area contributed by atoms with E-state index in [0.29, 0.717) is 0 Å². The lowest BCUT2D eigenvalue weighted by Gasteiger charge is -2.48. The van der Waals surface area contributed by atoms with Crippen LogP contribution in [0.3, 0.4) is 0 Å². The van der Waals surface area contributed by atoms with Crippen LogP contribution in [0, 0.1) is 5.82 Å². The number of ether oxygens (including phenoxy) is 1. The molecule has 1 aliphatic heterocycles. The quantitative estimate of drug-likeness (QED) is 0.620. The third-order valence-electron chi connectivity index (χ3n) is 5.67. The van der Waals surface area contributed by atoms with Crippen LogP contribution >= 0.6 is 11.8 Å². The SMILES string of the molecule is CSc1ccc2ncnc(N[C@H]3CC4(CCC4)Oc4ccc(F)cc43)c2c1. The van der Waals surface area contributed by atoms with Crippen LogP contribution < -0.4 is 10.1 Å². The summed E-state index contributed by atoms with van der Waals surface area (Å²) in [5.74, 6) is 1.32. The molecule has 1 spiro atoms. The van der Waals surface area contributed by atoms with Crippen LogP contribution in [-0.2, 0) is 0 Å². The largest absolute Gasteiger partial charge is 0.487 e. The molecular weight excluding hydrogens is 361 g/mol. The van der Waals surface area contributed by atoms with Gasteiger partial charge in [0.2, 0.25) is 0 Å². The van der Waals surface area contributed by atoms with Crippen molar-refractivity contribution in [3.8, 4) is 5.75 Å². The highest BCUT2D eigenvalue weighted by atomic mass is 32.2. The summed E-state index contributed by atoms with van der Waals surface area (Å²) in [5, 5.41) is 4.56. The number of hydrogen-bond donors (Lipinski definition) is 1. The van der Waals surface area contributed by atoms with E-state index in [-0.39, 0.29) is 17.5 Å². The van der Waals surface area contributed by atoms with Gasteiger partial charge in [0.25, 0.3) is 0 Å². The minimum Gasteiger partial charge on any atom is -0.487 e. The van der Waals surface area contributed by atoms with Crippen LogP contribution in [0.15, 0.2) is 47.6 Å². The highest BCUT2D eigenvalue weighted by Gasteiger charge is 2.45. The normalized spacial score (nSPS) is 20.0. The molecule has 138 valence electrons. The predicted octanol–water partition coefficient (Wildman–Crippen LogP) is 5.35. The first-order chi connectivity index (χ1) is 13.2. The molecule has 6 heteroatoms. The summed E-state index contributed by atoms with van der Waals surface area (Å²) in [7, 11) is 0. The Bertz CT molecular complexity index is 1020. The molecule has 1 aromatic heterocycles. The summed E-state index contributed by atoms with van der Waals surface area (Å²) in [4.78, 5) is 10.0. The lowest BCUT2D eigenvalue weighted by molar-refractivity contribution is -0.0310. The average Bonchev–Trinajstić information content (AvgIpc) is 2.67. The van der Waals surface area contributed by atoms with E-state index < -0.39 is 0 Å². The lowest BCUT2D eigenvalue weighted by atomic mass is 9.73. The minimum atomic E-state index is -0.245. The lowest BCUT2D eigenvalue weighted by Crippen LogP contribution is -2.48. The van der Waals surface area contributed by atoms with Gasteiger partial charge < -0.3 is 10.1 Å². The van der Waals surface area contributed by atoms with Crippen molar-refractivity contribution in [2.24, 2.45) is 0 Å². The number of aromatic nitrogens is 2. The Morgan fingerprint density at radius 1 is 1.19 bits per heavy atom. The van der Waals surface area contributed by atoms with E-state index in [1.165, 1.54) is 12.5 Å². The van der Waals surface area contributed by atoms with Crippen molar-refractivity contribution in [2.75, 3.05) is 11.6 Å². The second-order valence-electron chi connectivity index (χ2n) is 7.33. The Balaban J connectivity index is 1.57. The Hall–Kier alpha value is -2.34. The Kier molecular flexibility index (Phi) is 3.97. The van der Waals surface area contributed by atoms with E-state index in [9.17, 15) is 4.39 Å². The molecule has 3 aromatic rings. The summed E-state index contributed by atoms with van der Waals surface area (Å²) < 4.78 is 20.2. The summed E-state index contributed by atoms with van der Waals surface area (Å²) in [6.45, 7) is 0. The molecule has 0 unspecified atom stereocenters. The van der Waals surface area contributed by atoms with Crippen molar-refractivity contribution in [2.45, 2.75) is 42.2 Å². The van der Waals surface area contributed by atoms with Gasteiger partial charge >= 0.3 is 0 Å². The van der Waals surface area contributed by atoms with Crippen molar-refractivity contribution in [1.29, 1.82) is 0 Å². The van der Waals surface area contributed by atoms with E-state index in [0.717, 1.165) is 52.2 Å². The molecule has 27 heavy (non-hydrogen) atoms. The zero-order chi connectivity index (χ0) is 18.4. The maximum Gasteiger partial charge on any atom is 0.137 e. The maximum atomic E-state index is 13.9. The molecule has 1 saturated carbocycles. The van der Waals surface area contributed by atoms with Crippen molar-refractivity contribution >= 4 is 28.5 Å². The third kappa shape index (κ3) is 2.92. The monoisotopic (exact) mass is 381 g/mol. The molecule has 1 N–H and O–H groups in total. The van der Waals surface area contributed by atoms with Crippen molar-refractivity contribution in [3.05, 3.63) is 54.1 Å². The van der Waals surface area contributed by atoms with E-state index in [4.69, 9.17) is 4.74 Å². The molecule has 2 aromatic carbocycles. The summed E-state index contributed by atoms with van der Waals surface area (Å²) in [6.07, 6.45) is 7.71. The number of halogens is 1. The highest BCUT2D eigenvalue weighted by molar-refractivity contribution is 7.98. The number of fused-ring (bicyclic) bond motifs is 2. The Morgan fingerprint density at radius 3 is 2.85 bits per heavy atom. The van der Waals surface area contributed by atoms with Gasteiger partial charge in [-0.15, -0.1) is 11.8 Å². The topological polar surface area (TPSA) is 47.0 Å². The number of thioether (sulfide) groups is 1. The number of benzene rings is 2. The Morgan fingerprint density at radius 2 is 2.07 bits per heavy atom. The smallest absolute Gasteiger partial charge is 0.137 e. The highest BCUT2D eigenvalue weighted by Crippen LogP contribution is 2.50. The van der Waals surface area contributed by atoms with Crippen LogP contribution in [0.4, 0.5) is 10.2 Å². The second kappa shape index (κ2) is 6.37. The molecule has 0 radical (unpaired) electrons. The average molecular weight is 381 g/mol. The van der Waals surface area contributed by atoms with Crippen LogP contribution in [0.25, 0.3) is 10.9 Å². The first-order valence-corrected chi connectivity index (χ1v) is 10.4. The van der Waals surface area contributed by atoms with Crippen LogP contribution in [-0.4, -0.2) is 21.8 Å². The first kappa shape index (κ1) is 16.8. The number of rotatable bonds is 3. The molecule has 1 fully saturated rings.